The Labute approximate surface area is 92.0 Å². The third-order valence-electron chi connectivity index (χ3n) is 1.98. The summed E-state index contributed by atoms with van der Waals surface area (Å²) in [6, 6.07) is 0.974. The van der Waals surface area contributed by atoms with Crippen LogP contribution in [0.5, 0.6) is 0 Å². The molecule has 0 saturated carbocycles. The summed E-state index contributed by atoms with van der Waals surface area (Å²) in [6.45, 7) is 4.57. The molecule has 0 radical (unpaired) electrons. The molecule has 0 bridgehead atoms. The molecule has 1 heterocycles. The zero-order valence-corrected chi connectivity index (χ0v) is 9.33. The van der Waals surface area contributed by atoms with Crippen LogP contribution in [0, 0.1) is 6.92 Å². The maximum atomic E-state index is 11.5. The summed E-state index contributed by atoms with van der Waals surface area (Å²) < 4.78 is 9.51. The first kappa shape index (κ1) is 12.2. The number of ketones is 1. The SMILES string of the molecule is CCOC(=O)c1cc(=O)oc(C)c1C(C)=O. The van der Waals surface area contributed by atoms with Gasteiger partial charge in [-0.15, -0.1) is 0 Å². The van der Waals surface area contributed by atoms with E-state index in [2.05, 4.69) is 0 Å². The molecule has 16 heavy (non-hydrogen) atoms. The molecular formula is C11H12O5. The minimum absolute atomic E-state index is 0.0388. The molecule has 5 heteroatoms. The average molecular weight is 224 g/mol. The molecule has 0 amide bonds. The molecule has 0 saturated heterocycles. The normalized spacial score (nSPS) is 9.94. The van der Waals surface area contributed by atoms with Gasteiger partial charge in [0, 0.05) is 6.07 Å². The fourth-order valence-electron chi connectivity index (χ4n) is 1.42. The van der Waals surface area contributed by atoms with Crippen molar-refractivity contribution in [1.82, 2.24) is 0 Å². The van der Waals surface area contributed by atoms with Gasteiger partial charge in [-0.3, -0.25) is 4.79 Å². The Kier molecular flexibility index (Phi) is 3.60. The summed E-state index contributed by atoms with van der Waals surface area (Å²) in [5.41, 5.74) is -0.619. The number of esters is 1. The van der Waals surface area contributed by atoms with Gasteiger partial charge in [0.2, 0.25) is 0 Å². The number of aryl methyl sites for hydroxylation is 1. The van der Waals surface area contributed by atoms with Crippen LogP contribution in [0.4, 0.5) is 0 Å². The fraction of sp³-hybridized carbons (Fsp3) is 0.364. The van der Waals surface area contributed by atoms with Gasteiger partial charge in [-0.05, 0) is 20.8 Å². The topological polar surface area (TPSA) is 73.6 Å². The van der Waals surface area contributed by atoms with Crippen LogP contribution in [-0.4, -0.2) is 18.4 Å². The molecule has 0 N–H and O–H groups in total. The van der Waals surface area contributed by atoms with Gasteiger partial charge < -0.3 is 9.15 Å². The summed E-state index contributed by atoms with van der Waals surface area (Å²) in [5.74, 6) is -0.906. The largest absolute Gasteiger partial charge is 0.462 e. The molecule has 86 valence electrons. The lowest BCUT2D eigenvalue weighted by atomic mass is 10.0. The lowest BCUT2D eigenvalue weighted by Gasteiger charge is -2.07. The average Bonchev–Trinajstić information content (AvgIpc) is 2.15. The third-order valence-corrected chi connectivity index (χ3v) is 1.98. The number of hydrogen-bond donors (Lipinski definition) is 0. The molecule has 0 atom stereocenters. The Morgan fingerprint density at radius 1 is 1.44 bits per heavy atom. The van der Waals surface area contributed by atoms with Crippen LogP contribution in [0.15, 0.2) is 15.3 Å². The van der Waals surface area contributed by atoms with Crippen LogP contribution in [0.1, 0.15) is 40.3 Å². The second-order valence-electron chi connectivity index (χ2n) is 3.19. The highest BCUT2D eigenvalue weighted by atomic mass is 16.5. The fourth-order valence-corrected chi connectivity index (χ4v) is 1.42. The molecule has 0 unspecified atom stereocenters. The first-order chi connectivity index (χ1) is 7.47. The predicted molar refractivity (Wildman–Crippen MR) is 55.7 cm³/mol. The molecule has 1 rings (SSSR count). The van der Waals surface area contributed by atoms with Crippen LogP contribution in [0.2, 0.25) is 0 Å². The summed E-state index contributed by atoms with van der Waals surface area (Å²) in [7, 11) is 0. The van der Waals surface area contributed by atoms with Crippen LogP contribution < -0.4 is 5.63 Å². The van der Waals surface area contributed by atoms with Crippen LogP contribution in [-0.2, 0) is 4.74 Å². The van der Waals surface area contributed by atoms with Crippen LogP contribution in [0.3, 0.4) is 0 Å². The Bertz CT molecular complexity index is 484. The lowest BCUT2D eigenvalue weighted by molar-refractivity contribution is 0.0521. The highest BCUT2D eigenvalue weighted by Gasteiger charge is 2.20. The summed E-state index contributed by atoms with van der Waals surface area (Å²) in [5, 5.41) is 0. The number of Topliss-reactive ketones (excluding diaryl/α,β-unsaturated/α-hetero) is 1. The molecular weight excluding hydrogens is 212 g/mol. The second-order valence-corrected chi connectivity index (χ2v) is 3.19. The van der Waals surface area contributed by atoms with Gasteiger partial charge in [-0.25, -0.2) is 9.59 Å². The summed E-state index contributed by atoms with van der Waals surface area (Å²) in [4.78, 5) is 34.0. The van der Waals surface area contributed by atoms with Crippen molar-refractivity contribution in [3.8, 4) is 0 Å². The van der Waals surface area contributed by atoms with Gasteiger partial charge in [-0.1, -0.05) is 0 Å². The van der Waals surface area contributed by atoms with E-state index in [-0.39, 0.29) is 29.3 Å². The summed E-state index contributed by atoms with van der Waals surface area (Å²) >= 11 is 0. The van der Waals surface area contributed by atoms with Crippen LogP contribution in [0.25, 0.3) is 0 Å². The van der Waals surface area contributed by atoms with Gasteiger partial charge in [0.15, 0.2) is 5.78 Å². The van der Waals surface area contributed by atoms with Gasteiger partial charge in [0.1, 0.15) is 5.76 Å². The molecule has 1 aromatic heterocycles. The summed E-state index contributed by atoms with van der Waals surface area (Å²) in [6.07, 6.45) is 0. The number of rotatable bonds is 3. The van der Waals surface area contributed by atoms with Gasteiger partial charge in [0.25, 0.3) is 0 Å². The molecule has 0 aromatic carbocycles. The van der Waals surface area contributed by atoms with E-state index < -0.39 is 11.6 Å². The molecule has 5 nitrogen and oxygen atoms in total. The van der Waals surface area contributed by atoms with Crippen LogP contribution >= 0.6 is 0 Å². The Balaban J connectivity index is 3.41. The maximum Gasteiger partial charge on any atom is 0.339 e. The molecule has 0 spiro atoms. The van der Waals surface area contributed by atoms with Crippen molar-refractivity contribution in [3.05, 3.63) is 33.4 Å². The van der Waals surface area contributed by atoms with E-state index in [4.69, 9.17) is 9.15 Å². The third kappa shape index (κ3) is 2.36. The van der Waals surface area contributed by atoms with Crippen molar-refractivity contribution in [2.24, 2.45) is 0 Å². The number of hydrogen-bond acceptors (Lipinski definition) is 5. The van der Waals surface area contributed by atoms with E-state index in [9.17, 15) is 14.4 Å². The minimum Gasteiger partial charge on any atom is -0.462 e. The molecule has 0 aliphatic carbocycles. The standard InChI is InChI=1S/C11H12O5/c1-4-15-11(14)8-5-9(13)16-7(3)10(8)6(2)12/h5H,4H2,1-3H3. The van der Waals surface area contributed by atoms with E-state index in [1.54, 1.807) is 6.92 Å². The molecule has 1 aromatic rings. The van der Waals surface area contributed by atoms with Crippen molar-refractivity contribution in [1.29, 1.82) is 0 Å². The highest BCUT2D eigenvalue weighted by molar-refractivity contribution is 6.05. The number of ether oxygens (including phenoxy) is 1. The van der Waals surface area contributed by atoms with Gasteiger partial charge >= 0.3 is 11.6 Å². The van der Waals surface area contributed by atoms with Crippen molar-refractivity contribution >= 4 is 11.8 Å². The number of carbonyl (C=O) groups is 2. The number of carbonyl (C=O) groups excluding carboxylic acids is 2. The monoisotopic (exact) mass is 224 g/mol. The van der Waals surface area contributed by atoms with Crippen molar-refractivity contribution in [2.75, 3.05) is 6.61 Å². The molecule has 0 fully saturated rings. The van der Waals surface area contributed by atoms with Gasteiger partial charge in [-0.2, -0.15) is 0 Å². The Morgan fingerprint density at radius 2 is 2.06 bits per heavy atom. The quantitative estimate of drug-likeness (QED) is 0.572. The van der Waals surface area contributed by atoms with Crippen molar-refractivity contribution < 1.29 is 18.7 Å². The minimum atomic E-state index is -0.691. The molecule has 0 aliphatic rings. The van der Waals surface area contributed by atoms with Crippen molar-refractivity contribution in [2.45, 2.75) is 20.8 Å². The van der Waals surface area contributed by atoms with Crippen molar-refractivity contribution in [3.63, 3.8) is 0 Å². The van der Waals surface area contributed by atoms with E-state index in [0.717, 1.165) is 6.07 Å². The second kappa shape index (κ2) is 4.74. The Morgan fingerprint density at radius 3 is 2.56 bits per heavy atom. The van der Waals surface area contributed by atoms with E-state index >= 15 is 0 Å². The van der Waals surface area contributed by atoms with E-state index in [1.807, 2.05) is 0 Å². The Hall–Kier alpha value is -1.91. The predicted octanol–water partition coefficient (Wildman–Crippen LogP) is 1.33. The maximum absolute atomic E-state index is 11.5. The smallest absolute Gasteiger partial charge is 0.339 e. The van der Waals surface area contributed by atoms with Gasteiger partial charge in [0.05, 0.1) is 17.7 Å². The first-order valence-electron chi connectivity index (χ1n) is 4.80. The zero-order valence-electron chi connectivity index (χ0n) is 9.33. The van der Waals surface area contributed by atoms with E-state index in [1.165, 1.54) is 13.8 Å². The zero-order chi connectivity index (χ0) is 12.3. The van der Waals surface area contributed by atoms with E-state index in [0.29, 0.717) is 0 Å². The lowest BCUT2D eigenvalue weighted by Crippen LogP contribution is -2.16. The highest BCUT2D eigenvalue weighted by Crippen LogP contribution is 2.13. The molecule has 0 aliphatic heterocycles. The first-order valence-corrected chi connectivity index (χ1v) is 4.80.